The van der Waals surface area contributed by atoms with Gasteiger partial charge in [0.2, 0.25) is 11.8 Å². The van der Waals surface area contributed by atoms with Gasteiger partial charge in [0.25, 0.3) is 0 Å². The second-order valence-corrected chi connectivity index (χ2v) is 7.36. The molecule has 2 aromatic heterocycles. The van der Waals surface area contributed by atoms with Gasteiger partial charge in [-0.25, -0.2) is 0 Å². The van der Waals surface area contributed by atoms with Gasteiger partial charge in [0, 0.05) is 25.2 Å². The topological polar surface area (TPSA) is 79.6 Å². The molecule has 1 saturated carbocycles. The molecule has 2 fully saturated rings. The van der Waals surface area contributed by atoms with E-state index in [0.29, 0.717) is 6.54 Å². The summed E-state index contributed by atoms with van der Waals surface area (Å²) in [5.41, 5.74) is -0.554. The number of nitrogens with one attached hydrogen (secondary N) is 1. The average molecular weight is 395 g/mol. The number of carbonyl (C=O) groups excluding carboxylic acids is 2. The minimum atomic E-state index is -4.48. The summed E-state index contributed by atoms with van der Waals surface area (Å²) < 4.78 is 40.0. The Kier molecular flexibility index (Phi) is 4.72. The molecule has 1 atom stereocenters. The fourth-order valence-corrected chi connectivity index (χ4v) is 4.01. The number of hydrogen-bond acceptors (Lipinski definition) is 4. The van der Waals surface area contributed by atoms with Gasteiger partial charge in [0.05, 0.1) is 18.0 Å². The van der Waals surface area contributed by atoms with Gasteiger partial charge in [0.1, 0.15) is 0 Å². The third-order valence-electron chi connectivity index (χ3n) is 5.52. The summed E-state index contributed by atoms with van der Waals surface area (Å²) in [4.78, 5) is 26.5. The SMILES string of the molecule is O=C(NCc1nnc2ccc(C(F)(F)F)cn12)[C@@H]1CC(=O)N(C2CCCC2)C1. The molecule has 7 nitrogen and oxygen atoms in total. The Morgan fingerprint density at radius 3 is 2.68 bits per heavy atom. The number of likely N-dealkylation sites (tertiary alicyclic amines) is 1. The number of nitrogens with zero attached hydrogens (tertiary/aromatic N) is 4. The van der Waals surface area contributed by atoms with Gasteiger partial charge in [-0.15, -0.1) is 10.2 Å². The van der Waals surface area contributed by atoms with E-state index < -0.39 is 17.7 Å². The van der Waals surface area contributed by atoms with E-state index in [2.05, 4.69) is 15.5 Å². The Balaban J connectivity index is 1.42. The van der Waals surface area contributed by atoms with E-state index in [0.717, 1.165) is 37.9 Å². The zero-order valence-electron chi connectivity index (χ0n) is 15.1. The minimum Gasteiger partial charge on any atom is -0.348 e. The standard InChI is InChI=1S/C18H20F3N5O2/c19-18(20,21)12-5-6-14-23-24-15(26(14)10-12)8-22-17(28)11-7-16(27)25(9-11)13-3-1-2-4-13/h5-6,10-11,13H,1-4,7-9H2,(H,22,28)/t11-/m1/s1. The van der Waals surface area contributed by atoms with Crippen molar-refractivity contribution in [2.75, 3.05) is 6.54 Å². The van der Waals surface area contributed by atoms with Gasteiger partial charge in [-0.3, -0.25) is 14.0 Å². The van der Waals surface area contributed by atoms with Crippen LogP contribution in [0.1, 0.15) is 43.5 Å². The maximum Gasteiger partial charge on any atom is 0.417 e. The van der Waals surface area contributed by atoms with Crippen LogP contribution in [0.4, 0.5) is 13.2 Å². The van der Waals surface area contributed by atoms with Gasteiger partial charge in [-0.2, -0.15) is 13.2 Å². The summed E-state index contributed by atoms with van der Waals surface area (Å²) in [6.45, 7) is 0.337. The number of alkyl halides is 3. The number of rotatable bonds is 4. The molecule has 150 valence electrons. The predicted octanol–water partition coefficient (Wildman–Crippen LogP) is 2.16. The van der Waals surface area contributed by atoms with Crippen LogP contribution in [0.5, 0.6) is 0 Å². The zero-order valence-corrected chi connectivity index (χ0v) is 15.1. The summed E-state index contributed by atoms with van der Waals surface area (Å²) in [6.07, 6.45) is 0.767. The summed E-state index contributed by atoms with van der Waals surface area (Å²) in [5, 5.41) is 10.4. The van der Waals surface area contributed by atoms with E-state index >= 15 is 0 Å². The summed E-state index contributed by atoms with van der Waals surface area (Å²) in [7, 11) is 0. The number of amides is 2. The average Bonchev–Trinajstić information content (AvgIpc) is 3.38. The molecule has 0 unspecified atom stereocenters. The molecule has 2 aromatic rings. The van der Waals surface area contributed by atoms with Gasteiger partial charge < -0.3 is 10.2 Å². The van der Waals surface area contributed by atoms with Crippen LogP contribution < -0.4 is 5.32 Å². The van der Waals surface area contributed by atoms with Crippen molar-refractivity contribution in [1.82, 2.24) is 24.8 Å². The third-order valence-corrected chi connectivity index (χ3v) is 5.52. The van der Waals surface area contributed by atoms with Crippen molar-refractivity contribution in [3.63, 3.8) is 0 Å². The molecular weight excluding hydrogens is 375 g/mol. The van der Waals surface area contributed by atoms with Crippen molar-refractivity contribution in [1.29, 1.82) is 0 Å². The van der Waals surface area contributed by atoms with Crippen LogP contribution >= 0.6 is 0 Å². The molecule has 1 aliphatic heterocycles. The molecule has 0 spiro atoms. The monoisotopic (exact) mass is 395 g/mol. The highest BCUT2D eigenvalue weighted by Crippen LogP contribution is 2.30. The second kappa shape index (κ2) is 7.06. The Bertz CT molecular complexity index is 904. The molecule has 0 radical (unpaired) electrons. The molecule has 0 bridgehead atoms. The lowest BCUT2D eigenvalue weighted by Crippen LogP contribution is -2.37. The zero-order chi connectivity index (χ0) is 19.9. The van der Waals surface area contributed by atoms with Crippen LogP contribution in [-0.2, 0) is 22.3 Å². The normalized spacial score (nSPS) is 21.0. The molecular formula is C18H20F3N5O2. The highest BCUT2D eigenvalue weighted by Gasteiger charge is 2.38. The van der Waals surface area contributed by atoms with Crippen LogP contribution in [0.2, 0.25) is 0 Å². The van der Waals surface area contributed by atoms with Crippen LogP contribution in [-0.4, -0.2) is 43.9 Å². The predicted molar refractivity (Wildman–Crippen MR) is 91.9 cm³/mol. The van der Waals surface area contributed by atoms with Crippen molar-refractivity contribution in [2.45, 2.75) is 50.9 Å². The fourth-order valence-electron chi connectivity index (χ4n) is 4.01. The molecule has 1 N–H and O–H groups in total. The number of fused-ring (bicyclic) bond motifs is 1. The Labute approximate surface area is 158 Å². The lowest BCUT2D eigenvalue weighted by atomic mass is 10.1. The van der Waals surface area contributed by atoms with Gasteiger partial charge in [-0.1, -0.05) is 12.8 Å². The maximum atomic E-state index is 12.9. The minimum absolute atomic E-state index is 0.00482. The van der Waals surface area contributed by atoms with Crippen LogP contribution in [0.15, 0.2) is 18.3 Å². The van der Waals surface area contributed by atoms with Crippen molar-refractivity contribution in [3.05, 3.63) is 29.7 Å². The van der Waals surface area contributed by atoms with Crippen LogP contribution in [0, 0.1) is 5.92 Å². The Morgan fingerprint density at radius 1 is 1.21 bits per heavy atom. The number of aromatic nitrogens is 3. The van der Waals surface area contributed by atoms with Crippen molar-refractivity contribution in [3.8, 4) is 0 Å². The highest BCUT2D eigenvalue weighted by atomic mass is 19.4. The molecule has 1 aliphatic carbocycles. The molecule has 28 heavy (non-hydrogen) atoms. The first-order valence-corrected chi connectivity index (χ1v) is 9.31. The summed E-state index contributed by atoms with van der Waals surface area (Å²) >= 11 is 0. The van der Waals surface area contributed by atoms with Gasteiger partial charge in [0.15, 0.2) is 11.5 Å². The Hall–Kier alpha value is -2.65. The Morgan fingerprint density at radius 2 is 1.96 bits per heavy atom. The van der Waals surface area contributed by atoms with E-state index in [1.54, 1.807) is 4.90 Å². The first-order chi connectivity index (χ1) is 13.3. The van der Waals surface area contributed by atoms with Crippen molar-refractivity contribution < 1.29 is 22.8 Å². The molecule has 0 aromatic carbocycles. The largest absolute Gasteiger partial charge is 0.417 e. The lowest BCUT2D eigenvalue weighted by Gasteiger charge is -2.23. The maximum absolute atomic E-state index is 12.9. The first-order valence-electron chi connectivity index (χ1n) is 9.31. The number of halogens is 3. The molecule has 1 saturated heterocycles. The molecule has 10 heteroatoms. The fraction of sp³-hybridized carbons (Fsp3) is 0.556. The molecule has 4 rings (SSSR count). The summed E-state index contributed by atoms with van der Waals surface area (Å²) in [6, 6.07) is 2.40. The smallest absolute Gasteiger partial charge is 0.348 e. The molecule has 2 aliphatic rings. The highest BCUT2D eigenvalue weighted by molar-refractivity contribution is 5.89. The van der Waals surface area contributed by atoms with E-state index in [1.807, 2.05) is 0 Å². The lowest BCUT2D eigenvalue weighted by molar-refractivity contribution is -0.138. The van der Waals surface area contributed by atoms with Gasteiger partial charge in [-0.05, 0) is 25.0 Å². The first kappa shape index (κ1) is 18.7. The number of carbonyl (C=O) groups is 2. The quantitative estimate of drug-likeness (QED) is 0.861. The van der Waals surface area contributed by atoms with Crippen molar-refractivity contribution in [2.24, 2.45) is 5.92 Å². The third kappa shape index (κ3) is 3.55. The number of pyridine rings is 1. The second-order valence-electron chi connectivity index (χ2n) is 7.36. The van der Waals surface area contributed by atoms with Crippen LogP contribution in [0.25, 0.3) is 5.65 Å². The van der Waals surface area contributed by atoms with E-state index in [-0.39, 0.29) is 42.3 Å². The number of hydrogen-bond donors (Lipinski definition) is 1. The molecule has 2 amide bonds. The summed E-state index contributed by atoms with van der Waals surface area (Å²) in [5.74, 6) is -0.545. The van der Waals surface area contributed by atoms with E-state index in [9.17, 15) is 22.8 Å². The molecule has 3 heterocycles. The van der Waals surface area contributed by atoms with Crippen molar-refractivity contribution >= 4 is 17.5 Å². The van der Waals surface area contributed by atoms with Gasteiger partial charge >= 0.3 is 6.18 Å². The van der Waals surface area contributed by atoms with E-state index in [1.165, 1.54) is 10.5 Å². The van der Waals surface area contributed by atoms with Crippen LogP contribution in [0.3, 0.4) is 0 Å². The van der Waals surface area contributed by atoms with E-state index in [4.69, 9.17) is 0 Å².